The Morgan fingerprint density at radius 3 is 2.52 bits per heavy atom. The third-order valence-electron chi connectivity index (χ3n) is 4.72. The number of benzene rings is 1. The van der Waals surface area contributed by atoms with Gasteiger partial charge in [0.2, 0.25) is 0 Å². The van der Waals surface area contributed by atoms with Gasteiger partial charge in [-0.05, 0) is 24.1 Å². The summed E-state index contributed by atoms with van der Waals surface area (Å²) in [6.45, 7) is 7.47. The summed E-state index contributed by atoms with van der Waals surface area (Å²) in [5, 5.41) is 5.00. The summed E-state index contributed by atoms with van der Waals surface area (Å²) in [7, 11) is 0. The van der Waals surface area contributed by atoms with E-state index >= 15 is 0 Å². The van der Waals surface area contributed by atoms with E-state index in [-0.39, 0.29) is 5.63 Å². The van der Waals surface area contributed by atoms with Crippen LogP contribution in [0.2, 0.25) is 0 Å². The van der Waals surface area contributed by atoms with Crippen LogP contribution in [0.15, 0.2) is 50.3 Å². The second kappa shape index (κ2) is 6.82. The van der Waals surface area contributed by atoms with Crippen LogP contribution in [0.1, 0.15) is 16.8 Å². The Morgan fingerprint density at radius 1 is 1.04 bits per heavy atom. The van der Waals surface area contributed by atoms with E-state index in [4.69, 9.17) is 8.94 Å². The number of hydrogen-bond acceptors (Lipinski definition) is 6. The molecule has 130 valence electrons. The van der Waals surface area contributed by atoms with Gasteiger partial charge in [0.15, 0.2) is 0 Å². The lowest BCUT2D eigenvalue weighted by molar-refractivity contribution is 0.120. The number of fused-ring (bicyclic) bond motifs is 1. The van der Waals surface area contributed by atoms with Gasteiger partial charge in [0.05, 0.1) is 5.69 Å². The standard InChI is InChI=1S/C19H21N3O3/c1-14-2-3-17-15(11-19(23)25-18(17)10-14)12-21-5-7-22(8-6-21)13-16-4-9-24-20-16/h2-4,9-11H,5-8,12-13H2,1H3. The Kier molecular flexibility index (Phi) is 4.38. The molecule has 25 heavy (non-hydrogen) atoms. The zero-order valence-electron chi connectivity index (χ0n) is 14.3. The lowest BCUT2D eigenvalue weighted by atomic mass is 10.1. The van der Waals surface area contributed by atoms with Crippen LogP contribution in [-0.4, -0.2) is 41.1 Å². The number of piperazine rings is 1. The van der Waals surface area contributed by atoms with Crippen molar-refractivity contribution >= 4 is 11.0 Å². The van der Waals surface area contributed by atoms with E-state index in [0.29, 0.717) is 5.58 Å². The minimum Gasteiger partial charge on any atom is -0.423 e. The molecule has 3 heterocycles. The van der Waals surface area contributed by atoms with Crippen LogP contribution in [-0.2, 0) is 13.1 Å². The third-order valence-corrected chi connectivity index (χ3v) is 4.72. The molecular weight excluding hydrogens is 318 g/mol. The second-order valence-corrected chi connectivity index (χ2v) is 6.63. The second-order valence-electron chi connectivity index (χ2n) is 6.63. The molecule has 3 aromatic rings. The minimum atomic E-state index is -0.280. The van der Waals surface area contributed by atoms with Gasteiger partial charge in [-0.25, -0.2) is 4.79 Å². The van der Waals surface area contributed by atoms with Crippen molar-refractivity contribution in [3.63, 3.8) is 0 Å². The first-order valence-corrected chi connectivity index (χ1v) is 8.55. The van der Waals surface area contributed by atoms with Crippen LogP contribution in [0, 0.1) is 6.92 Å². The average molecular weight is 339 g/mol. The maximum absolute atomic E-state index is 11.9. The van der Waals surface area contributed by atoms with Crippen molar-refractivity contribution in [2.75, 3.05) is 26.2 Å². The van der Waals surface area contributed by atoms with Gasteiger partial charge in [-0.1, -0.05) is 17.3 Å². The minimum absolute atomic E-state index is 0.280. The normalized spacial score (nSPS) is 16.5. The Morgan fingerprint density at radius 2 is 1.80 bits per heavy atom. The summed E-state index contributed by atoms with van der Waals surface area (Å²) in [4.78, 5) is 16.6. The Hall–Kier alpha value is -2.44. The molecule has 1 fully saturated rings. The lowest BCUT2D eigenvalue weighted by Gasteiger charge is -2.34. The van der Waals surface area contributed by atoms with Crippen LogP contribution in [0.5, 0.6) is 0 Å². The molecule has 0 radical (unpaired) electrons. The van der Waals surface area contributed by atoms with Crippen LogP contribution in [0.3, 0.4) is 0 Å². The molecular formula is C19H21N3O3. The van der Waals surface area contributed by atoms with E-state index in [0.717, 1.165) is 61.5 Å². The van der Waals surface area contributed by atoms with Crippen molar-refractivity contribution in [2.24, 2.45) is 0 Å². The van der Waals surface area contributed by atoms with Crippen molar-refractivity contribution < 1.29 is 8.94 Å². The molecule has 0 bridgehead atoms. The monoisotopic (exact) mass is 339 g/mol. The first-order chi connectivity index (χ1) is 12.2. The molecule has 0 amide bonds. The third kappa shape index (κ3) is 3.65. The molecule has 0 unspecified atom stereocenters. The van der Waals surface area contributed by atoms with E-state index in [1.807, 2.05) is 25.1 Å². The zero-order valence-corrected chi connectivity index (χ0v) is 14.3. The van der Waals surface area contributed by atoms with Crippen molar-refractivity contribution in [1.29, 1.82) is 0 Å². The fourth-order valence-electron chi connectivity index (χ4n) is 3.36. The molecule has 4 rings (SSSR count). The number of aryl methyl sites for hydroxylation is 1. The van der Waals surface area contributed by atoms with Gasteiger partial charge in [0, 0.05) is 56.8 Å². The van der Waals surface area contributed by atoms with Gasteiger partial charge in [-0.2, -0.15) is 0 Å². The maximum Gasteiger partial charge on any atom is 0.336 e. The summed E-state index contributed by atoms with van der Waals surface area (Å²) >= 11 is 0. The Labute approximate surface area is 145 Å². The molecule has 0 aliphatic carbocycles. The summed E-state index contributed by atoms with van der Waals surface area (Å²) in [5.74, 6) is 0. The zero-order chi connectivity index (χ0) is 17.2. The molecule has 6 heteroatoms. The summed E-state index contributed by atoms with van der Waals surface area (Å²) < 4.78 is 10.2. The highest BCUT2D eigenvalue weighted by molar-refractivity contribution is 5.80. The predicted octanol–water partition coefficient (Wildman–Crippen LogP) is 2.41. The Balaban J connectivity index is 1.45. The molecule has 1 saturated heterocycles. The number of rotatable bonds is 4. The quantitative estimate of drug-likeness (QED) is 0.680. The van der Waals surface area contributed by atoms with E-state index < -0.39 is 0 Å². The smallest absolute Gasteiger partial charge is 0.336 e. The molecule has 1 aliphatic rings. The molecule has 0 atom stereocenters. The molecule has 6 nitrogen and oxygen atoms in total. The first-order valence-electron chi connectivity index (χ1n) is 8.55. The van der Waals surface area contributed by atoms with Crippen molar-refractivity contribution in [1.82, 2.24) is 15.0 Å². The first kappa shape index (κ1) is 16.1. The highest BCUT2D eigenvalue weighted by atomic mass is 16.5. The number of nitrogens with zero attached hydrogens (tertiary/aromatic N) is 3. The average Bonchev–Trinajstić information content (AvgIpc) is 3.09. The van der Waals surface area contributed by atoms with E-state index in [1.165, 1.54) is 0 Å². The highest BCUT2D eigenvalue weighted by Gasteiger charge is 2.19. The van der Waals surface area contributed by atoms with Crippen LogP contribution >= 0.6 is 0 Å². The molecule has 2 aromatic heterocycles. The summed E-state index contributed by atoms with van der Waals surface area (Å²) in [5.41, 5.74) is 3.49. The summed E-state index contributed by atoms with van der Waals surface area (Å²) in [6.07, 6.45) is 1.61. The van der Waals surface area contributed by atoms with Gasteiger partial charge in [-0.15, -0.1) is 0 Å². The number of aromatic nitrogens is 1. The predicted molar refractivity (Wildman–Crippen MR) is 94.3 cm³/mol. The van der Waals surface area contributed by atoms with Crippen molar-refractivity contribution in [3.05, 3.63) is 63.8 Å². The SMILES string of the molecule is Cc1ccc2c(CN3CCN(Cc4ccon4)CC3)cc(=O)oc2c1. The topological polar surface area (TPSA) is 62.7 Å². The molecule has 1 aromatic carbocycles. The van der Waals surface area contributed by atoms with Crippen molar-refractivity contribution in [2.45, 2.75) is 20.0 Å². The van der Waals surface area contributed by atoms with Crippen molar-refractivity contribution in [3.8, 4) is 0 Å². The summed E-state index contributed by atoms with van der Waals surface area (Å²) in [6, 6.07) is 9.56. The largest absolute Gasteiger partial charge is 0.423 e. The van der Waals surface area contributed by atoms with E-state index in [2.05, 4.69) is 21.0 Å². The fraction of sp³-hybridized carbons (Fsp3) is 0.368. The molecule has 0 spiro atoms. The maximum atomic E-state index is 11.9. The van der Waals surface area contributed by atoms with Crippen LogP contribution < -0.4 is 5.63 Å². The van der Waals surface area contributed by atoms with E-state index in [1.54, 1.807) is 12.3 Å². The molecule has 0 N–H and O–H groups in total. The highest BCUT2D eigenvalue weighted by Crippen LogP contribution is 2.20. The van der Waals surface area contributed by atoms with E-state index in [9.17, 15) is 4.79 Å². The van der Waals surface area contributed by atoms with Gasteiger partial charge < -0.3 is 8.94 Å². The van der Waals surface area contributed by atoms with Gasteiger partial charge in [0.25, 0.3) is 0 Å². The Bertz CT molecular complexity index is 909. The van der Waals surface area contributed by atoms with Crippen LogP contribution in [0.4, 0.5) is 0 Å². The van der Waals surface area contributed by atoms with Gasteiger partial charge >= 0.3 is 5.63 Å². The molecule has 1 aliphatic heterocycles. The number of hydrogen-bond donors (Lipinski definition) is 0. The van der Waals surface area contributed by atoms with Crippen LogP contribution in [0.25, 0.3) is 11.0 Å². The van der Waals surface area contributed by atoms with Gasteiger partial charge in [0.1, 0.15) is 11.8 Å². The molecule has 0 saturated carbocycles. The van der Waals surface area contributed by atoms with Gasteiger partial charge in [-0.3, -0.25) is 9.80 Å². The fourth-order valence-corrected chi connectivity index (χ4v) is 3.36. The lowest BCUT2D eigenvalue weighted by Crippen LogP contribution is -2.45.